The summed E-state index contributed by atoms with van der Waals surface area (Å²) in [6.07, 6.45) is 3.95. The number of ether oxygens (including phenoxy) is 1. The second-order valence-electron chi connectivity index (χ2n) is 6.12. The van der Waals surface area contributed by atoms with Gasteiger partial charge in [-0.3, -0.25) is 4.90 Å². The second-order valence-corrected chi connectivity index (χ2v) is 6.12. The zero-order valence-electron chi connectivity index (χ0n) is 13.8. The van der Waals surface area contributed by atoms with Crippen molar-refractivity contribution in [1.82, 2.24) is 10.2 Å². The van der Waals surface area contributed by atoms with Crippen molar-refractivity contribution in [2.24, 2.45) is 5.92 Å². The first-order valence-corrected chi connectivity index (χ1v) is 8.25. The Balaban J connectivity index is 2.29. The van der Waals surface area contributed by atoms with Gasteiger partial charge in [0.25, 0.3) is 0 Å². The van der Waals surface area contributed by atoms with Gasteiger partial charge < -0.3 is 10.1 Å². The van der Waals surface area contributed by atoms with Gasteiger partial charge in [-0.25, -0.2) is 0 Å². The third-order valence-corrected chi connectivity index (χ3v) is 4.59. The molecule has 0 spiro atoms. The van der Waals surface area contributed by atoms with E-state index in [4.69, 9.17) is 4.74 Å². The van der Waals surface area contributed by atoms with Gasteiger partial charge >= 0.3 is 0 Å². The average molecular weight is 290 g/mol. The fourth-order valence-electron chi connectivity index (χ4n) is 3.57. The predicted molar refractivity (Wildman–Crippen MR) is 88.4 cm³/mol. The molecular formula is C18H30N2O. The number of nitrogens with one attached hydrogen (secondary N) is 1. The first-order chi connectivity index (χ1) is 10.3. The van der Waals surface area contributed by atoms with Crippen LogP contribution in [-0.2, 0) is 11.3 Å². The van der Waals surface area contributed by atoms with Crippen LogP contribution >= 0.6 is 0 Å². The van der Waals surface area contributed by atoms with Gasteiger partial charge in [-0.05, 0) is 56.6 Å². The molecule has 118 valence electrons. The van der Waals surface area contributed by atoms with E-state index in [0.29, 0.717) is 18.6 Å². The van der Waals surface area contributed by atoms with Crippen molar-refractivity contribution >= 4 is 0 Å². The highest BCUT2D eigenvalue weighted by molar-refractivity contribution is 5.30. The molecule has 0 bridgehead atoms. The summed E-state index contributed by atoms with van der Waals surface area (Å²) in [5.41, 5.74) is 2.78. The van der Waals surface area contributed by atoms with Crippen LogP contribution in [0.2, 0.25) is 0 Å². The minimum Gasteiger partial charge on any atom is -0.380 e. The first kappa shape index (κ1) is 16.5. The topological polar surface area (TPSA) is 24.5 Å². The number of rotatable bonds is 6. The lowest BCUT2D eigenvalue weighted by Crippen LogP contribution is -2.35. The lowest BCUT2D eigenvalue weighted by atomic mass is 9.87. The maximum absolute atomic E-state index is 5.41. The number of hydrogen-bond donors (Lipinski definition) is 1. The number of hydrogen-bond acceptors (Lipinski definition) is 3. The van der Waals surface area contributed by atoms with E-state index in [-0.39, 0.29) is 0 Å². The molecule has 3 heteroatoms. The van der Waals surface area contributed by atoms with Crippen molar-refractivity contribution in [3.63, 3.8) is 0 Å². The Bertz CT molecular complexity index is 421. The van der Waals surface area contributed by atoms with E-state index < -0.39 is 0 Å². The molecule has 3 nitrogen and oxygen atoms in total. The minimum atomic E-state index is 0.498. The van der Waals surface area contributed by atoms with E-state index in [1.54, 1.807) is 7.11 Å². The van der Waals surface area contributed by atoms with Crippen LogP contribution in [0.5, 0.6) is 0 Å². The Morgan fingerprint density at radius 3 is 2.86 bits per heavy atom. The Hall–Kier alpha value is -0.900. The molecule has 1 aliphatic heterocycles. The van der Waals surface area contributed by atoms with Crippen LogP contribution in [0.15, 0.2) is 24.3 Å². The van der Waals surface area contributed by atoms with E-state index in [9.17, 15) is 0 Å². The standard InChI is InChI=1S/C18H30N2O/c1-4-19-13-15-9-7-8-12-20(2)18(15)17-11-6-5-10-16(17)14-21-3/h5-6,10-11,15,18-19H,4,7-9,12-14H2,1-3H3. The van der Waals surface area contributed by atoms with Gasteiger partial charge in [-0.2, -0.15) is 0 Å². The summed E-state index contributed by atoms with van der Waals surface area (Å²) < 4.78 is 5.41. The highest BCUT2D eigenvalue weighted by Gasteiger charge is 2.29. The smallest absolute Gasteiger partial charge is 0.0716 e. The van der Waals surface area contributed by atoms with E-state index >= 15 is 0 Å². The number of benzene rings is 1. The molecule has 0 radical (unpaired) electrons. The molecule has 1 N–H and O–H groups in total. The monoisotopic (exact) mass is 290 g/mol. The highest BCUT2D eigenvalue weighted by Crippen LogP contribution is 2.35. The fourth-order valence-corrected chi connectivity index (χ4v) is 3.57. The fraction of sp³-hybridized carbons (Fsp3) is 0.667. The van der Waals surface area contributed by atoms with Crippen LogP contribution in [0.1, 0.15) is 43.4 Å². The Labute approximate surface area is 129 Å². The zero-order valence-corrected chi connectivity index (χ0v) is 13.8. The number of methoxy groups -OCH3 is 1. The molecule has 1 aromatic carbocycles. The third kappa shape index (κ3) is 4.29. The first-order valence-electron chi connectivity index (χ1n) is 8.25. The SMILES string of the molecule is CCNCC1CCCCN(C)C1c1ccccc1COC. The molecule has 2 atom stereocenters. The summed E-state index contributed by atoms with van der Waals surface area (Å²) in [5, 5.41) is 3.56. The average Bonchev–Trinajstić information content (AvgIpc) is 2.68. The number of nitrogens with zero attached hydrogens (tertiary/aromatic N) is 1. The van der Waals surface area contributed by atoms with Gasteiger partial charge in [0, 0.05) is 13.2 Å². The van der Waals surface area contributed by atoms with Crippen molar-refractivity contribution in [3.05, 3.63) is 35.4 Å². The van der Waals surface area contributed by atoms with Gasteiger partial charge in [0.1, 0.15) is 0 Å². The van der Waals surface area contributed by atoms with Crippen molar-refractivity contribution in [3.8, 4) is 0 Å². The van der Waals surface area contributed by atoms with Gasteiger partial charge in [0.15, 0.2) is 0 Å². The lowest BCUT2D eigenvalue weighted by molar-refractivity contribution is 0.168. The molecule has 21 heavy (non-hydrogen) atoms. The molecule has 1 aromatic rings. The van der Waals surface area contributed by atoms with Crippen LogP contribution < -0.4 is 5.32 Å². The van der Waals surface area contributed by atoms with E-state index in [1.165, 1.54) is 36.9 Å². The lowest BCUT2D eigenvalue weighted by Gasteiger charge is -2.34. The molecule has 1 heterocycles. The van der Waals surface area contributed by atoms with Gasteiger partial charge in [-0.15, -0.1) is 0 Å². The van der Waals surface area contributed by atoms with Crippen molar-refractivity contribution in [2.75, 3.05) is 33.8 Å². The molecule has 0 saturated carbocycles. The summed E-state index contributed by atoms with van der Waals surface area (Å²) in [4.78, 5) is 2.55. The summed E-state index contributed by atoms with van der Waals surface area (Å²) in [6, 6.07) is 9.28. The Kier molecular flexibility index (Phi) is 6.68. The maximum Gasteiger partial charge on any atom is 0.0716 e. The molecule has 1 saturated heterocycles. The van der Waals surface area contributed by atoms with Crippen LogP contribution in [0.3, 0.4) is 0 Å². The molecule has 2 unspecified atom stereocenters. The highest BCUT2D eigenvalue weighted by atomic mass is 16.5. The number of likely N-dealkylation sites (tertiary alicyclic amines) is 1. The van der Waals surface area contributed by atoms with Crippen molar-refractivity contribution in [1.29, 1.82) is 0 Å². The maximum atomic E-state index is 5.41. The summed E-state index contributed by atoms with van der Waals surface area (Å²) in [6.45, 7) is 6.23. The summed E-state index contributed by atoms with van der Waals surface area (Å²) in [7, 11) is 4.06. The van der Waals surface area contributed by atoms with Gasteiger partial charge in [-0.1, -0.05) is 37.6 Å². The summed E-state index contributed by atoms with van der Waals surface area (Å²) >= 11 is 0. The Morgan fingerprint density at radius 1 is 1.29 bits per heavy atom. The molecule has 0 aromatic heterocycles. The van der Waals surface area contributed by atoms with E-state index in [0.717, 1.165) is 13.1 Å². The predicted octanol–water partition coefficient (Wildman–Crippen LogP) is 3.22. The van der Waals surface area contributed by atoms with Crippen molar-refractivity contribution in [2.45, 2.75) is 38.8 Å². The molecule has 1 aliphatic rings. The van der Waals surface area contributed by atoms with Crippen molar-refractivity contribution < 1.29 is 4.74 Å². The van der Waals surface area contributed by atoms with Gasteiger partial charge in [0.05, 0.1) is 6.61 Å². The molecule has 1 fully saturated rings. The third-order valence-electron chi connectivity index (χ3n) is 4.59. The zero-order chi connectivity index (χ0) is 15.1. The van der Waals surface area contributed by atoms with E-state index in [1.807, 2.05) is 0 Å². The van der Waals surface area contributed by atoms with Crippen LogP contribution in [0.4, 0.5) is 0 Å². The molecule has 0 aliphatic carbocycles. The minimum absolute atomic E-state index is 0.498. The molecule has 0 amide bonds. The van der Waals surface area contributed by atoms with E-state index in [2.05, 4.69) is 48.5 Å². The summed E-state index contributed by atoms with van der Waals surface area (Å²) in [5.74, 6) is 0.676. The van der Waals surface area contributed by atoms with Crippen LogP contribution in [0, 0.1) is 5.92 Å². The molecular weight excluding hydrogens is 260 g/mol. The Morgan fingerprint density at radius 2 is 2.10 bits per heavy atom. The second kappa shape index (κ2) is 8.52. The van der Waals surface area contributed by atoms with Crippen LogP contribution in [0.25, 0.3) is 0 Å². The largest absolute Gasteiger partial charge is 0.380 e. The normalized spacial score (nSPS) is 24.0. The van der Waals surface area contributed by atoms with Gasteiger partial charge in [0.2, 0.25) is 0 Å². The van der Waals surface area contributed by atoms with Crippen LogP contribution in [-0.4, -0.2) is 38.7 Å². The quantitative estimate of drug-likeness (QED) is 0.870. The molecule has 2 rings (SSSR count).